The van der Waals surface area contributed by atoms with Crippen LogP contribution in [0.5, 0.6) is 0 Å². The summed E-state index contributed by atoms with van der Waals surface area (Å²) in [7, 11) is 0. The first-order valence-corrected chi connectivity index (χ1v) is 6.88. The van der Waals surface area contributed by atoms with Crippen LogP contribution in [-0.2, 0) is 6.54 Å². The molecule has 0 bridgehead atoms. The highest BCUT2D eigenvalue weighted by Gasteiger charge is 2.26. The van der Waals surface area contributed by atoms with Gasteiger partial charge in [0.1, 0.15) is 0 Å². The van der Waals surface area contributed by atoms with Crippen LogP contribution in [0.3, 0.4) is 0 Å². The summed E-state index contributed by atoms with van der Waals surface area (Å²) in [5.74, 6) is 2.08. The normalized spacial score (nSPS) is 13.3. The number of nitrogens with zero attached hydrogens (tertiary/aromatic N) is 1. The molecule has 0 saturated heterocycles. The van der Waals surface area contributed by atoms with Gasteiger partial charge in [-0.25, -0.2) is 9.59 Å². The van der Waals surface area contributed by atoms with Gasteiger partial charge in [0.05, 0.1) is 12.1 Å². The molecule has 1 aliphatic carbocycles. The van der Waals surface area contributed by atoms with Crippen molar-refractivity contribution >= 4 is 12.0 Å². The predicted molar refractivity (Wildman–Crippen MR) is 78.8 cm³/mol. The molecule has 2 rings (SSSR count). The standard InChI is InChI=1S/C16H18N2O3/c1-2-8-18(11-12-6-7-12)16(21)17-10-13-4-3-5-14(9-13)15(19)20/h1,3-5,9,12H,6-8,10-11H2,(H,17,21)(H,19,20). The van der Waals surface area contributed by atoms with Crippen molar-refractivity contribution in [2.24, 2.45) is 5.92 Å². The van der Waals surface area contributed by atoms with Gasteiger partial charge in [0.2, 0.25) is 0 Å². The fourth-order valence-electron chi connectivity index (χ4n) is 2.05. The third kappa shape index (κ3) is 4.53. The van der Waals surface area contributed by atoms with Crippen LogP contribution in [0.4, 0.5) is 4.79 Å². The highest BCUT2D eigenvalue weighted by molar-refractivity contribution is 5.87. The van der Waals surface area contributed by atoms with Gasteiger partial charge in [-0.2, -0.15) is 0 Å². The Morgan fingerprint density at radius 1 is 1.43 bits per heavy atom. The summed E-state index contributed by atoms with van der Waals surface area (Å²) in [6, 6.07) is 6.30. The predicted octanol–water partition coefficient (Wildman–Crippen LogP) is 1.94. The number of aromatic carboxylic acids is 1. The van der Waals surface area contributed by atoms with Crippen molar-refractivity contribution < 1.29 is 14.7 Å². The first-order valence-electron chi connectivity index (χ1n) is 6.88. The summed E-state index contributed by atoms with van der Waals surface area (Å²) >= 11 is 0. The van der Waals surface area contributed by atoms with Crippen LogP contribution in [0.25, 0.3) is 0 Å². The minimum absolute atomic E-state index is 0.208. The van der Waals surface area contributed by atoms with Gasteiger partial charge in [0.15, 0.2) is 0 Å². The molecule has 2 amide bonds. The van der Waals surface area contributed by atoms with Crippen LogP contribution in [0.15, 0.2) is 24.3 Å². The molecule has 0 aromatic heterocycles. The van der Waals surface area contributed by atoms with E-state index in [2.05, 4.69) is 11.2 Å². The fourth-order valence-corrected chi connectivity index (χ4v) is 2.05. The van der Waals surface area contributed by atoms with Gasteiger partial charge in [-0.1, -0.05) is 18.1 Å². The molecular formula is C16H18N2O3. The first kappa shape index (κ1) is 14.9. The number of benzene rings is 1. The lowest BCUT2D eigenvalue weighted by atomic mass is 10.1. The number of hydrogen-bond acceptors (Lipinski definition) is 2. The van der Waals surface area contributed by atoms with Gasteiger partial charge in [0.25, 0.3) is 0 Å². The third-order valence-electron chi connectivity index (χ3n) is 3.36. The topological polar surface area (TPSA) is 69.6 Å². The van der Waals surface area contributed by atoms with Crippen molar-refractivity contribution in [1.29, 1.82) is 0 Å². The van der Waals surface area contributed by atoms with E-state index in [1.807, 2.05) is 0 Å². The first-order chi connectivity index (χ1) is 10.1. The molecule has 0 unspecified atom stereocenters. The summed E-state index contributed by atoms with van der Waals surface area (Å²) in [6.45, 7) is 1.26. The van der Waals surface area contributed by atoms with E-state index in [-0.39, 0.29) is 24.7 Å². The second-order valence-electron chi connectivity index (χ2n) is 5.19. The van der Waals surface area contributed by atoms with E-state index < -0.39 is 5.97 Å². The van der Waals surface area contributed by atoms with Crippen LogP contribution in [0.2, 0.25) is 0 Å². The monoisotopic (exact) mass is 286 g/mol. The zero-order chi connectivity index (χ0) is 15.2. The number of terminal acetylenes is 1. The number of amides is 2. The highest BCUT2D eigenvalue weighted by atomic mass is 16.4. The Kier molecular flexibility index (Phi) is 4.83. The Hall–Kier alpha value is -2.48. The number of nitrogens with one attached hydrogen (secondary N) is 1. The minimum atomic E-state index is -0.981. The van der Waals surface area contributed by atoms with Gasteiger partial charge >= 0.3 is 12.0 Å². The molecule has 0 atom stereocenters. The SMILES string of the molecule is C#CCN(CC1CC1)C(=O)NCc1cccc(C(=O)O)c1. The van der Waals surface area contributed by atoms with E-state index in [1.165, 1.54) is 6.07 Å². The average Bonchev–Trinajstić information content (AvgIpc) is 3.28. The van der Waals surface area contributed by atoms with Crippen molar-refractivity contribution in [1.82, 2.24) is 10.2 Å². The number of hydrogen-bond donors (Lipinski definition) is 2. The molecule has 5 heteroatoms. The number of carbonyl (C=O) groups is 2. The zero-order valence-electron chi connectivity index (χ0n) is 11.7. The lowest BCUT2D eigenvalue weighted by molar-refractivity contribution is 0.0696. The van der Waals surface area contributed by atoms with Crippen molar-refractivity contribution in [3.63, 3.8) is 0 Å². The molecule has 1 fully saturated rings. The van der Waals surface area contributed by atoms with E-state index in [9.17, 15) is 9.59 Å². The Morgan fingerprint density at radius 2 is 2.19 bits per heavy atom. The summed E-state index contributed by atoms with van der Waals surface area (Å²) in [5, 5.41) is 11.7. The molecule has 5 nitrogen and oxygen atoms in total. The summed E-state index contributed by atoms with van der Waals surface area (Å²) in [4.78, 5) is 24.6. The van der Waals surface area contributed by atoms with Crippen LogP contribution < -0.4 is 5.32 Å². The Labute approximate surface area is 124 Å². The smallest absolute Gasteiger partial charge is 0.335 e. The Balaban J connectivity index is 1.91. The van der Waals surface area contributed by atoms with Crippen molar-refractivity contribution in [2.45, 2.75) is 19.4 Å². The molecule has 2 N–H and O–H groups in total. The van der Waals surface area contributed by atoms with Gasteiger partial charge in [-0.3, -0.25) is 0 Å². The maximum Gasteiger partial charge on any atom is 0.335 e. The summed E-state index contributed by atoms with van der Waals surface area (Å²) in [6.07, 6.45) is 7.58. The van der Waals surface area contributed by atoms with Crippen molar-refractivity contribution in [3.8, 4) is 12.3 Å². The molecule has 1 aromatic carbocycles. The van der Waals surface area contributed by atoms with E-state index in [4.69, 9.17) is 11.5 Å². The van der Waals surface area contributed by atoms with Crippen LogP contribution in [-0.4, -0.2) is 35.1 Å². The maximum absolute atomic E-state index is 12.1. The summed E-state index contributed by atoms with van der Waals surface area (Å²) < 4.78 is 0. The van der Waals surface area contributed by atoms with Crippen molar-refractivity contribution in [2.75, 3.05) is 13.1 Å². The highest BCUT2D eigenvalue weighted by Crippen LogP contribution is 2.29. The Morgan fingerprint density at radius 3 is 2.81 bits per heavy atom. The van der Waals surface area contributed by atoms with Crippen LogP contribution in [0.1, 0.15) is 28.8 Å². The van der Waals surface area contributed by atoms with Gasteiger partial charge in [-0.05, 0) is 36.5 Å². The number of carbonyl (C=O) groups excluding carboxylic acids is 1. The van der Waals surface area contributed by atoms with Gasteiger partial charge < -0.3 is 15.3 Å². The quantitative estimate of drug-likeness (QED) is 0.785. The van der Waals surface area contributed by atoms with Crippen LogP contribution in [0, 0.1) is 18.3 Å². The molecule has 21 heavy (non-hydrogen) atoms. The number of urea groups is 1. The molecule has 1 aliphatic rings. The molecule has 1 saturated carbocycles. The molecule has 0 spiro atoms. The van der Waals surface area contributed by atoms with E-state index in [0.717, 1.165) is 18.4 Å². The largest absolute Gasteiger partial charge is 0.478 e. The molecule has 0 heterocycles. The molecule has 0 aliphatic heterocycles. The Bertz CT molecular complexity index is 573. The van der Waals surface area contributed by atoms with E-state index >= 15 is 0 Å². The molecular weight excluding hydrogens is 268 g/mol. The number of carboxylic acid groups (broad SMARTS) is 1. The number of carboxylic acids is 1. The van der Waals surface area contributed by atoms with Crippen LogP contribution >= 0.6 is 0 Å². The van der Waals surface area contributed by atoms with Gasteiger partial charge in [0, 0.05) is 13.1 Å². The lowest BCUT2D eigenvalue weighted by Crippen LogP contribution is -2.41. The third-order valence-corrected chi connectivity index (χ3v) is 3.36. The number of rotatable bonds is 6. The molecule has 110 valence electrons. The molecule has 1 aromatic rings. The molecule has 0 radical (unpaired) electrons. The van der Waals surface area contributed by atoms with Gasteiger partial charge in [-0.15, -0.1) is 6.42 Å². The van der Waals surface area contributed by atoms with Crippen molar-refractivity contribution in [3.05, 3.63) is 35.4 Å². The summed E-state index contributed by atoms with van der Waals surface area (Å²) in [5.41, 5.74) is 0.954. The van der Waals surface area contributed by atoms with E-state index in [1.54, 1.807) is 23.1 Å². The minimum Gasteiger partial charge on any atom is -0.478 e. The average molecular weight is 286 g/mol. The second kappa shape index (κ2) is 6.80. The maximum atomic E-state index is 12.1. The van der Waals surface area contributed by atoms with E-state index in [0.29, 0.717) is 12.5 Å². The fraction of sp³-hybridized carbons (Fsp3) is 0.375. The zero-order valence-corrected chi connectivity index (χ0v) is 11.7. The lowest BCUT2D eigenvalue weighted by Gasteiger charge is -2.20. The second-order valence-corrected chi connectivity index (χ2v) is 5.19.